The summed E-state index contributed by atoms with van der Waals surface area (Å²) < 4.78 is 31.1. The molecule has 1 N–H and O–H groups in total. The van der Waals surface area contributed by atoms with E-state index in [1.54, 1.807) is 58.0 Å². The number of Topliss-reactive ketones (excluding diaryl/α,β-unsaturated/α-hetero) is 1. The summed E-state index contributed by atoms with van der Waals surface area (Å²) in [6, 6.07) is 8.46. The van der Waals surface area contributed by atoms with Gasteiger partial charge in [0.1, 0.15) is 5.84 Å². The molecule has 3 rings (SSSR count). The molecule has 0 radical (unpaired) electrons. The molecule has 1 heterocycles. The molecule has 1 aliphatic rings. The molecule has 9 heteroatoms. The Hall–Kier alpha value is -2.94. The van der Waals surface area contributed by atoms with Crippen molar-refractivity contribution in [3.05, 3.63) is 58.4 Å². The Labute approximate surface area is 209 Å². The maximum absolute atomic E-state index is 15.2. The Morgan fingerprint density at radius 3 is 2.44 bits per heavy atom. The van der Waals surface area contributed by atoms with Crippen molar-refractivity contribution in [3.8, 4) is 11.5 Å². The highest BCUT2D eigenvalue weighted by Crippen LogP contribution is 2.39. The van der Waals surface area contributed by atoms with Crippen LogP contribution < -0.4 is 9.47 Å². The summed E-state index contributed by atoms with van der Waals surface area (Å²) in [4.78, 5) is 26.7. The number of nitrogens with zero attached hydrogens (tertiary/aromatic N) is 1. The van der Waals surface area contributed by atoms with Crippen molar-refractivity contribution in [1.82, 2.24) is 4.90 Å². The van der Waals surface area contributed by atoms with Gasteiger partial charge in [-0.1, -0.05) is 18.2 Å². The number of amidine groups is 1. The van der Waals surface area contributed by atoms with Crippen molar-refractivity contribution in [2.24, 2.45) is 0 Å². The maximum atomic E-state index is 15.2. The number of benzene rings is 2. The van der Waals surface area contributed by atoms with Crippen LogP contribution in [0.3, 0.4) is 0 Å². The molecule has 184 valence electrons. The smallest absolute Gasteiger partial charge is 0.315 e. The molecular formula is C25H30BrFN2O5. The molecule has 0 aromatic heterocycles. The van der Waals surface area contributed by atoms with E-state index in [9.17, 15) is 9.59 Å². The average molecular weight is 537 g/mol. The summed E-state index contributed by atoms with van der Waals surface area (Å²) >= 11 is 0. The van der Waals surface area contributed by atoms with Crippen LogP contribution in [0, 0.1) is 11.2 Å². The molecule has 0 bridgehead atoms. The number of fused-ring (bicyclic) bond motifs is 1. The summed E-state index contributed by atoms with van der Waals surface area (Å²) in [6.07, 6.45) is 0. The van der Waals surface area contributed by atoms with Crippen LogP contribution in [0.15, 0.2) is 30.3 Å². The van der Waals surface area contributed by atoms with Crippen molar-refractivity contribution in [3.63, 3.8) is 0 Å². The number of hydrogen-bond donors (Lipinski definition) is 1. The number of esters is 1. The van der Waals surface area contributed by atoms with Crippen molar-refractivity contribution in [2.45, 2.75) is 39.7 Å². The summed E-state index contributed by atoms with van der Waals surface area (Å²) in [5.74, 6) is -1.12. The quantitative estimate of drug-likeness (QED) is 0.369. The number of rotatable bonds is 9. The molecule has 1 aliphatic heterocycles. The number of methoxy groups -OCH3 is 1. The van der Waals surface area contributed by atoms with E-state index in [1.165, 1.54) is 12.0 Å². The molecule has 0 saturated carbocycles. The zero-order chi connectivity index (χ0) is 24.3. The highest BCUT2D eigenvalue weighted by molar-refractivity contribution is 8.93. The Bertz CT molecular complexity index is 1100. The van der Waals surface area contributed by atoms with Crippen LogP contribution in [-0.4, -0.2) is 49.4 Å². The number of ketones is 1. The molecule has 0 fully saturated rings. The van der Waals surface area contributed by atoms with Gasteiger partial charge >= 0.3 is 5.97 Å². The van der Waals surface area contributed by atoms with Gasteiger partial charge < -0.3 is 19.1 Å². The molecule has 0 amide bonds. The highest BCUT2D eigenvalue weighted by atomic mass is 79.9. The lowest BCUT2D eigenvalue weighted by Gasteiger charge is -2.23. The van der Waals surface area contributed by atoms with Crippen molar-refractivity contribution >= 4 is 34.6 Å². The van der Waals surface area contributed by atoms with Gasteiger partial charge in [-0.15, -0.1) is 17.0 Å². The van der Waals surface area contributed by atoms with Gasteiger partial charge in [-0.05, 0) is 51.0 Å². The molecule has 2 aromatic carbocycles. The summed E-state index contributed by atoms with van der Waals surface area (Å²) in [5.41, 5.74) is 0.816. The van der Waals surface area contributed by atoms with Gasteiger partial charge in [0.05, 0.1) is 37.8 Å². The number of hydrogen-bond acceptors (Lipinski definition) is 6. The van der Waals surface area contributed by atoms with E-state index < -0.39 is 17.2 Å². The summed E-state index contributed by atoms with van der Waals surface area (Å²) in [7, 11) is 1.32. The fourth-order valence-electron chi connectivity index (χ4n) is 3.88. The van der Waals surface area contributed by atoms with Gasteiger partial charge in [0.2, 0.25) is 0 Å². The molecule has 7 nitrogen and oxygen atoms in total. The Balaban J connectivity index is 0.00000408. The Morgan fingerprint density at radius 1 is 1.15 bits per heavy atom. The normalized spacial score (nSPS) is 12.6. The number of carbonyl (C=O) groups is 2. The van der Waals surface area contributed by atoms with Crippen LogP contribution in [0.1, 0.15) is 54.7 Å². The average Bonchev–Trinajstić information content (AvgIpc) is 3.10. The first-order valence-electron chi connectivity index (χ1n) is 10.8. The van der Waals surface area contributed by atoms with Crippen LogP contribution in [0.4, 0.5) is 4.39 Å². The fourth-order valence-corrected chi connectivity index (χ4v) is 3.88. The Kier molecular flexibility index (Phi) is 8.83. The summed E-state index contributed by atoms with van der Waals surface area (Å²) in [5, 5.41) is 8.48. The highest BCUT2D eigenvalue weighted by Gasteiger charge is 2.34. The lowest BCUT2D eigenvalue weighted by molar-refractivity contribution is -0.146. The SMILES string of the molecule is Br.CCOc1cc2c(c(F)c1OCC)C(=N)N(CC(=O)c1cccc(C(C)(C)C(=O)OC)c1)C2. The molecular weight excluding hydrogens is 507 g/mol. The third-order valence-electron chi connectivity index (χ3n) is 5.71. The standard InChI is InChI=1S/C25H29FN2O5.BrH/c1-6-32-19-12-16-13-28(23(27)20(16)21(26)22(19)33-7-2)14-18(29)15-9-8-10-17(11-15)25(3,4)24(30)31-5;/h8-12,27H,6-7,13-14H2,1-5H3;1H. The second-order valence-corrected chi connectivity index (χ2v) is 8.24. The van der Waals surface area contributed by atoms with Crippen molar-refractivity contribution in [1.29, 1.82) is 5.41 Å². The molecule has 0 spiro atoms. The van der Waals surface area contributed by atoms with E-state index in [2.05, 4.69) is 0 Å². The van der Waals surface area contributed by atoms with Gasteiger partial charge in [0.25, 0.3) is 0 Å². The zero-order valence-corrected chi connectivity index (χ0v) is 21.7. The number of carbonyl (C=O) groups excluding carboxylic acids is 2. The third-order valence-corrected chi connectivity index (χ3v) is 5.71. The zero-order valence-electron chi connectivity index (χ0n) is 20.0. The van der Waals surface area contributed by atoms with Crippen molar-refractivity contribution < 1.29 is 28.2 Å². The number of ether oxygens (including phenoxy) is 3. The minimum atomic E-state index is -0.921. The van der Waals surface area contributed by atoms with E-state index in [0.29, 0.717) is 23.3 Å². The third kappa shape index (κ3) is 5.09. The van der Waals surface area contributed by atoms with Gasteiger partial charge in [-0.3, -0.25) is 15.0 Å². The minimum Gasteiger partial charge on any atom is -0.490 e. The topological polar surface area (TPSA) is 88.9 Å². The largest absolute Gasteiger partial charge is 0.490 e. The van der Waals surface area contributed by atoms with Crippen LogP contribution in [0.5, 0.6) is 11.5 Å². The van der Waals surface area contributed by atoms with Crippen LogP contribution in [-0.2, 0) is 21.5 Å². The second kappa shape index (κ2) is 11.0. The van der Waals surface area contributed by atoms with Gasteiger partial charge in [-0.25, -0.2) is 4.39 Å². The lowest BCUT2D eigenvalue weighted by Crippen LogP contribution is -2.32. The van der Waals surface area contributed by atoms with E-state index >= 15 is 4.39 Å². The van der Waals surface area contributed by atoms with Gasteiger partial charge in [0.15, 0.2) is 23.1 Å². The fraction of sp³-hybridized carbons (Fsp3) is 0.400. The number of nitrogens with one attached hydrogen (secondary N) is 1. The first kappa shape index (κ1) is 27.3. The number of halogens is 2. The molecule has 0 saturated heterocycles. The van der Waals surface area contributed by atoms with Crippen LogP contribution in [0.25, 0.3) is 0 Å². The first-order chi connectivity index (χ1) is 15.6. The molecule has 34 heavy (non-hydrogen) atoms. The monoisotopic (exact) mass is 536 g/mol. The predicted octanol–water partition coefficient (Wildman–Crippen LogP) is 4.68. The molecule has 0 aliphatic carbocycles. The molecule has 2 aromatic rings. The second-order valence-electron chi connectivity index (χ2n) is 8.24. The molecule has 0 atom stereocenters. The van der Waals surface area contributed by atoms with E-state index in [1.807, 2.05) is 0 Å². The van der Waals surface area contributed by atoms with Crippen LogP contribution in [0.2, 0.25) is 0 Å². The Morgan fingerprint density at radius 2 is 1.82 bits per heavy atom. The summed E-state index contributed by atoms with van der Waals surface area (Å²) in [6.45, 7) is 7.69. The van der Waals surface area contributed by atoms with Gasteiger partial charge in [0, 0.05) is 12.1 Å². The first-order valence-corrected chi connectivity index (χ1v) is 10.8. The lowest BCUT2D eigenvalue weighted by atomic mass is 9.83. The van der Waals surface area contributed by atoms with E-state index in [4.69, 9.17) is 19.6 Å². The van der Waals surface area contributed by atoms with Gasteiger partial charge in [-0.2, -0.15) is 0 Å². The predicted molar refractivity (Wildman–Crippen MR) is 132 cm³/mol. The van der Waals surface area contributed by atoms with Crippen LogP contribution >= 0.6 is 17.0 Å². The minimum absolute atomic E-state index is 0. The van der Waals surface area contributed by atoms with E-state index in [0.717, 1.165) is 0 Å². The molecule has 0 unspecified atom stereocenters. The van der Waals surface area contributed by atoms with E-state index in [-0.39, 0.29) is 65.4 Å². The maximum Gasteiger partial charge on any atom is 0.315 e. The van der Waals surface area contributed by atoms with Crippen molar-refractivity contribution in [2.75, 3.05) is 26.9 Å².